The maximum atomic E-state index is 13.9. The number of nitrogens with one attached hydrogen (secondary N) is 2. The molecule has 188 valence electrons. The van der Waals surface area contributed by atoms with Gasteiger partial charge >= 0.3 is 0 Å². The van der Waals surface area contributed by atoms with Gasteiger partial charge in [0.1, 0.15) is 10.6 Å². The first-order chi connectivity index (χ1) is 17.2. The Labute approximate surface area is 220 Å². The Balaban J connectivity index is 1.43. The summed E-state index contributed by atoms with van der Waals surface area (Å²) in [7, 11) is -4.00. The Morgan fingerprint density at radius 2 is 1.83 bits per heavy atom. The van der Waals surface area contributed by atoms with Gasteiger partial charge in [-0.3, -0.25) is 9.69 Å². The lowest BCUT2D eigenvalue weighted by Gasteiger charge is -2.32. The van der Waals surface area contributed by atoms with Crippen molar-refractivity contribution in [2.24, 2.45) is 0 Å². The van der Waals surface area contributed by atoms with Crippen molar-refractivity contribution in [2.45, 2.75) is 49.1 Å². The van der Waals surface area contributed by atoms with Gasteiger partial charge in [-0.2, -0.15) is 11.3 Å². The van der Waals surface area contributed by atoms with Gasteiger partial charge in [-0.05, 0) is 90.5 Å². The second-order valence-electron chi connectivity index (χ2n) is 9.50. The van der Waals surface area contributed by atoms with Crippen molar-refractivity contribution in [1.82, 2.24) is 15.2 Å². The molecule has 1 saturated heterocycles. The van der Waals surface area contributed by atoms with Crippen LogP contribution in [0.2, 0.25) is 5.02 Å². The molecule has 4 aromatic rings. The summed E-state index contributed by atoms with van der Waals surface area (Å²) in [6, 6.07) is 12.3. The van der Waals surface area contributed by atoms with Crippen molar-refractivity contribution in [2.75, 3.05) is 13.1 Å². The summed E-state index contributed by atoms with van der Waals surface area (Å²) in [5, 5.41) is 8.15. The Kier molecular flexibility index (Phi) is 6.96. The number of carbonyl (C=O) groups is 1. The number of aromatic amines is 1. The minimum Gasteiger partial charge on any atom is -0.349 e. The molecular weight excluding hydrogens is 514 g/mol. The molecule has 5 rings (SSSR count). The van der Waals surface area contributed by atoms with Gasteiger partial charge in [-0.15, -0.1) is 0 Å². The number of aromatic nitrogens is 1. The molecule has 0 unspecified atom stereocenters. The van der Waals surface area contributed by atoms with Crippen LogP contribution in [0.15, 0.2) is 63.0 Å². The molecule has 0 atom stereocenters. The lowest BCUT2D eigenvalue weighted by atomic mass is 10.0. The third-order valence-electron chi connectivity index (χ3n) is 6.62. The molecule has 0 aliphatic carbocycles. The van der Waals surface area contributed by atoms with Gasteiger partial charge in [0, 0.05) is 41.6 Å². The van der Waals surface area contributed by atoms with E-state index in [0.29, 0.717) is 15.9 Å². The van der Waals surface area contributed by atoms with Crippen LogP contribution in [0.5, 0.6) is 0 Å². The fourth-order valence-corrected chi connectivity index (χ4v) is 7.54. The number of benzene rings is 2. The number of hydrogen-bond donors (Lipinski definition) is 2. The molecule has 2 aromatic carbocycles. The van der Waals surface area contributed by atoms with Crippen molar-refractivity contribution in [3.63, 3.8) is 0 Å². The van der Waals surface area contributed by atoms with Crippen molar-refractivity contribution in [1.29, 1.82) is 0 Å². The number of nitrogens with zero attached hydrogens (tertiary/aromatic N) is 1. The number of likely N-dealkylation sites (tertiary alicyclic amines) is 1. The molecule has 0 saturated carbocycles. The zero-order valence-electron chi connectivity index (χ0n) is 20.2. The Hall–Kier alpha value is -2.65. The summed E-state index contributed by atoms with van der Waals surface area (Å²) in [5.41, 5.74) is 3.59. The van der Waals surface area contributed by atoms with E-state index in [1.807, 2.05) is 19.9 Å². The molecule has 2 aromatic heterocycles. The lowest BCUT2D eigenvalue weighted by molar-refractivity contribution is 0.0901. The molecule has 1 fully saturated rings. The first-order valence-electron chi connectivity index (χ1n) is 11.9. The van der Waals surface area contributed by atoms with E-state index in [0.717, 1.165) is 43.6 Å². The molecular formula is C27H28ClN3O3S2. The lowest BCUT2D eigenvalue weighted by Crippen LogP contribution is -2.44. The van der Waals surface area contributed by atoms with E-state index in [1.165, 1.54) is 5.56 Å². The van der Waals surface area contributed by atoms with Gasteiger partial charge < -0.3 is 10.3 Å². The minimum atomic E-state index is -4.00. The Bertz CT molecular complexity index is 1500. The molecule has 1 aliphatic heterocycles. The SMILES string of the molecule is Cc1cc(C)cc(S(=O)(=O)c2c(C(=O)NC3CCN(Cc4ccsc4)CC3)[nH]c3ccc(Cl)cc23)c1. The Morgan fingerprint density at radius 3 is 2.50 bits per heavy atom. The Morgan fingerprint density at radius 1 is 1.11 bits per heavy atom. The molecule has 0 bridgehead atoms. The van der Waals surface area contributed by atoms with Gasteiger partial charge in [-0.25, -0.2) is 8.42 Å². The second kappa shape index (κ2) is 10.0. The van der Waals surface area contributed by atoms with Crippen molar-refractivity contribution >= 4 is 49.6 Å². The summed E-state index contributed by atoms with van der Waals surface area (Å²) in [4.78, 5) is 19.1. The molecule has 0 radical (unpaired) electrons. The number of amides is 1. The first kappa shape index (κ1) is 25.0. The maximum absolute atomic E-state index is 13.9. The number of rotatable bonds is 6. The number of sulfone groups is 1. The monoisotopic (exact) mass is 541 g/mol. The van der Waals surface area contributed by atoms with E-state index >= 15 is 0 Å². The predicted octanol–water partition coefficient (Wildman–Crippen LogP) is 5.73. The number of aryl methyl sites for hydroxylation is 2. The zero-order valence-corrected chi connectivity index (χ0v) is 22.6. The van der Waals surface area contributed by atoms with Crippen LogP contribution >= 0.6 is 22.9 Å². The highest BCUT2D eigenvalue weighted by Gasteiger charge is 2.31. The van der Waals surface area contributed by atoms with E-state index in [4.69, 9.17) is 11.6 Å². The molecule has 0 spiro atoms. The van der Waals surface area contributed by atoms with Crippen LogP contribution in [-0.4, -0.2) is 43.3 Å². The third kappa shape index (κ3) is 5.09. The van der Waals surface area contributed by atoms with Crippen LogP contribution in [0.3, 0.4) is 0 Å². The molecule has 3 heterocycles. The van der Waals surface area contributed by atoms with Gasteiger partial charge in [-0.1, -0.05) is 17.7 Å². The fraction of sp³-hybridized carbons (Fsp3) is 0.296. The summed E-state index contributed by atoms with van der Waals surface area (Å²) >= 11 is 7.93. The normalized spacial score (nSPS) is 15.4. The smallest absolute Gasteiger partial charge is 0.269 e. The summed E-state index contributed by atoms with van der Waals surface area (Å²) in [6.07, 6.45) is 1.61. The highest BCUT2D eigenvalue weighted by Crippen LogP contribution is 2.34. The molecule has 9 heteroatoms. The molecule has 1 aliphatic rings. The van der Waals surface area contributed by atoms with Crippen molar-refractivity contribution in [3.8, 4) is 0 Å². The van der Waals surface area contributed by atoms with Gasteiger partial charge in [0.25, 0.3) is 5.91 Å². The minimum absolute atomic E-state index is 0.0250. The van der Waals surface area contributed by atoms with E-state index < -0.39 is 15.7 Å². The van der Waals surface area contributed by atoms with Crippen LogP contribution in [-0.2, 0) is 16.4 Å². The number of carbonyl (C=O) groups excluding carboxylic acids is 1. The average Bonchev–Trinajstić information content (AvgIpc) is 3.47. The summed E-state index contributed by atoms with van der Waals surface area (Å²) in [5.74, 6) is -0.415. The number of hydrogen-bond acceptors (Lipinski definition) is 5. The number of fused-ring (bicyclic) bond motifs is 1. The maximum Gasteiger partial charge on any atom is 0.269 e. The highest BCUT2D eigenvalue weighted by molar-refractivity contribution is 7.91. The second-order valence-corrected chi connectivity index (χ2v) is 12.6. The first-order valence-corrected chi connectivity index (χ1v) is 14.7. The standard InChI is InChI=1S/C27H28ClN3O3S2/c1-17-11-18(2)13-22(12-17)36(33,34)26-23-14-20(28)3-4-24(23)30-25(26)27(32)29-21-5-8-31(9-6-21)15-19-7-10-35-16-19/h3-4,7,10-14,16,21,30H,5-6,8-9,15H2,1-2H3,(H,29,32). The topological polar surface area (TPSA) is 82.3 Å². The fourth-order valence-electron chi connectivity index (χ4n) is 4.92. The number of halogens is 1. The van der Waals surface area contributed by atoms with E-state index in [9.17, 15) is 13.2 Å². The van der Waals surface area contributed by atoms with E-state index in [2.05, 4.69) is 32.0 Å². The largest absolute Gasteiger partial charge is 0.349 e. The quantitative estimate of drug-likeness (QED) is 0.327. The molecule has 2 N–H and O–H groups in total. The van der Waals surface area contributed by atoms with Crippen LogP contribution in [0, 0.1) is 13.8 Å². The summed E-state index contributed by atoms with van der Waals surface area (Å²) in [6.45, 7) is 6.37. The van der Waals surface area contributed by atoms with Gasteiger partial charge in [0.2, 0.25) is 9.84 Å². The number of H-pyrrole nitrogens is 1. The van der Waals surface area contributed by atoms with Crippen LogP contribution < -0.4 is 5.32 Å². The van der Waals surface area contributed by atoms with E-state index in [-0.39, 0.29) is 21.5 Å². The summed E-state index contributed by atoms with van der Waals surface area (Å²) < 4.78 is 27.8. The number of thiophene rings is 1. The highest BCUT2D eigenvalue weighted by atomic mass is 35.5. The molecule has 1 amide bonds. The van der Waals surface area contributed by atoms with E-state index in [1.54, 1.807) is 41.7 Å². The zero-order chi connectivity index (χ0) is 25.4. The third-order valence-corrected chi connectivity index (χ3v) is 9.41. The number of piperidine rings is 1. The van der Waals surface area contributed by atoms with Crippen LogP contribution in [0.25, 0.3) is 10.9 Å². The molecule has 36 heavy (non-hydrogen) atoms. The van der Waals surface area contributed by atoms with Crippen LogP contribution in [0.4, 0.5) is 0 Å². The molecule has 6 nitrogen and oxygen atoms in total. The van der Waals surface area contributed by atoms with Gasteiger partial charge in [0.05, 0.1) is 4.90 Å². The predicted molar refractivity (Wildman–Crippen MR) is 145 cm³/mol. The average molecular weight is 542 g/mol. The van der Waals surface area contributed by atoms with Gasteiger partial charge in [0.15, 0.2) is 0 Å². The van der Waals surface area contributed by atoms with Crippen molar-refractivity contribution in [3.05, 3.63) is 80.6 Å². The van der Waals surface area contributed by atoms with Crippen LogP contribution in [0.1, 0.15) is 40.0 Å². The van der Waals surface area contributed by atoms with Crippen molar-refractivity contribution < 1.29 is 13.2 Å².